The van der Waals surface area contributed by atoms with Gasteiger partial charge in [0.25, 0.3) is 0 Å². The van der Waals surface area contributed by atoms with Crippen molar-refractivity contribution in [2.75, 3.05) is 0 Å². The molecule has 0 fully saturated rings. The van der Waals surface area contributed by atoms with Crippen molar-refractivity contribution in [3.8, 4) is 0 Å². The summed E-state index contributed by atoms with van der Waals surface area (Å²) < 4.78 is 15.5. The number of carboxylic acids is 1. The molecule has 0 spiro atoms. The van der Waals surface area contributed by atoms with Gasteiger partial charge < -0.3 is 9.67 Å². The maximum Gasteiger partial charge on any atom is 0.337 e. The van der Waals surface area contributed by atoms with Crippen LogP contribution < -0.4 is 0 Å². The minimum atomic E-state index is -1.07. The minimum Gasteiger partial charge on any atom is -0.478 e. The Bertz CT molecular complexity index is 824. The molecule has 1 aromatic heterocycles. The molecule has 106 valence electrons. The molecule has 0 atom stereocenters. The van der Waals surface area contributed by atoms with E-state index in [1.807, 2.05) is 12.1 Å². The van der Waals surface area contributed by atoms with E-state index in [9.17, 15) is 14.3 Å². The van der Waals surface area contributed by atoms with Crippen molar-refractivity contribution in [3.63, 3.8) is 0 Å². The summed E-state index contributed by atoms with van der Waals surface area (Å²) in [6.45, 7) is 0.449. The molecule has 3 aromatic rings. The number of carboxylic acid groups (broad SMARTS) is 1. The number of aromatic carboxylic acids is 1. The Morgan fingerprint density at radius 3 is 2.52 bits per heavy atom. The lowest BCUT2D eigenvalue weighted by molar-refractivity contribution is 0.0698. The zero-order valence-electron chi connectivity index (χ0n) is 10.9. The summed E-state index contributed by atoms with van der Waals surface area (Å²) in [5.74, 6) is -1.50. The average molecular weight is 304 g/mol. The van der Waals surface area contributed by atoms with Crippen LogP contribution in [0.2, 0.25) is 5.02 Å². The lowest BCUT2D eigenvalue weighted by Crippen LogP contribution is -2.04. The van der Waals surface area contributed by atoms with Crippen LogP contribution in [0, 0.1) is 5.82 Å². The van der Waals surface area contributed by atoms with E-state index < -0.39 is 11.8 Å². The predicted octanol–water partition coefficient (Wildman–Crippen LogP) is 4.18. The third-order valence-electron chi connectivity index (χ3n) is 3.37. The summed E-state index contributed by atoms with van der Waals surface area (Å²) in [6, 6.07) is 11.3. The minimum absolute atomic E-state index is 0.0883. The monoisotopic (exact) mass is 303 g/mol. The van der Waals surface area contributed by atoms with Crippen LogP contribution in [0.25, 0.3) is 10.9 Å². The SMILES string of the molecule is O=C(O)c1ccc(F)c2ccn(Cc3ccc(Cl)cc3)c12. The first-order valence-corrected chi connectivity index (χ1v) is 6.69. The van der Waals surface area contributed by atoms with Gasteiger partial charge in [0.1, 0.15) is 5.82 Å². The van der Waals surface area contributed by atoms with Crippen molar-refractivity contribution in [1.29, 1.82) is 0 Å². The summed E-state index contributed by atoms with van der Waals surface area (Å²) in [4.78, 5) is 11.3. The highest BCUT2D eigenvalue weighted by molar-refractivity contribution is 6.30. The lowest BCUT2D eigenvalue weighted by atomic mass is 10.1. The van der Waals surface area contributed by atoms with Gasteiger partial charge in [0, 0.05) is 23.2 Å². The van der Waals surface area contributed by atoms with E-state index in [1.165, 1.54) is 12.1 Å². The number of hydrogen-bond acceptors (Lipinski definition) is 1. The number of nitrogens with zero attached hydrogens (tertiary/aromatic N) is 1. The van der Waals surface area contributed by atoms with Crippen molar-refractivity contribution in [2.45, 2.75) is 6.54 Å². The molecule has 0 amide bonds. The highest BCUT2D eigenvalue weighted by Gasteiger charge is 2.15. The average Bonchev–Trinajstić information content (AvgIpc) is 2.86. The normalized spacial score (nSPS) is 11.0. The van der Waals surface area contributed by atoms with Crippen LogP contribution in [-0.2, 0) is 6.54 Å². The second-order valence-corrected chi connectivity index (χ2v) is 5.17. The van der Waals surface area contributed by atoms with E-state index >= 15 is 0 Å². The highest BCUT2D eigenvalue weighted by Crippen LogP contribution is 2.24. The Kier molecular flexibility index (Phi) is 3.39. The molecule has 0 aliphatic heterocycles. The van der Waals surface area contributed by atoms with Gasteiger partial charge >= 0.3 is 5.97 Å². The quantitative estimate of drug-likeness (QED) is 0.788. The van der Waals surface area contributed by atoms with Crippen molar-refractivity contribution in [1.82, 2.24) is 4.57 Å². The molecule has 21 heavy (non-hydrogen) atoms. The number of rotatable bonds is 3. The molecule has 0 aliphatic rings. The molecular formula is C16H11ClFNO2. The van der Waals surface area contributed by atoms with Gasteiger partial charge in [-0.3, -0.25) is 0 Å². The van der Waals surface area contributed by atoms with E-state index in [4.69, 9.17) is 11.6 Å². The van der Waals surface area contributed by atoms with Crippen LogP contribution in [-0.4, -0.2) is 15.6 Å². The molecule has 3 nitrogen and oxygen atoms in total. The summed E-state index contributed by atoms with van der Waals surface area (Å²) >= 11 is 5.84. The molecular weight excluding hydrogens is 293 g/mol. The van der Waals surface area contributed by atoms with Crippen LogP contribution in [0.4, 0.5) is 4.39 Å². The van der Waals surface area contributed by atoms with Crippen molar-refractivity contribution in [2.24, 2.45) is 0 Å². The van der Waals surface area contributed by atoms with E-state index in [0.29, 0.717) is 22.5 Å². The van der Waals surface area contributed by atoms with Gasteiger partial charge in [-0.1, -0.05) is 23.7 Å². The van der Waals surface area contributed by atoms with Crippen LogP contribution in [0.5, 0.6) is 0 Å². The van der Waals surface area contributed by atoms with Gasteiger partial charge in [0.05, 0.1) is 11.1 Å². The Morgan fingerprint density at radius 2 is 1.86 bits per heavy atom. The largest absolute Gasteiger partial charge is 0.478 e. The van der Waals surface area contributed by atoms with Gasteiger partial charge in [-0.15, -0.1) is 0 Å². The second kappa shape index (κ2) is 5.22. The molecule has 2 aromatic carbocycles. The van der Waals surface area contributed by atoms with Crippen molar-refractivity contribution < 1.29 is 14.3 Å². The molecule has 3 rings (SSSR count). The molecule has 0 unspecified atom stereocenters. The standard InChI is InChI=1S/C16H11ClFNO2/c17-11-3-1-10(2-4-11)9-19-8-7-12-14(18)6-5-13(15(12)19)16(20)21/h1-8H,9H2,(H,20,21). The smallest absolute Gasteiger partial charge is 0.337 e. The summed E-state index contributed by atoms with van der Waals surface area (Å²) in [6.07, 6.45) is 1.69. The van der Waals surface area contributed by atoms with Gasteiger partial charge in [-0.2, -0.15) is 0 Å². The van der Waals surface area contributed by atoms with Crippen LogP contribution in [0.15, 0.2) is 48.7 Å². The van der Waals surface area contributed by atoms with Crippen LogP contribution in [0.3, 0.4) is 0 Å². The Labute approximate surface area is 125 Å². The van der Waals surface area contributed by atoms with Crippen LogP contribution in [0.1, 0.15) is 15.9 Å². The molecule has 0 bridgehead atoms. The number of aromatic nitrogens is 1. The van der Waals surface area contributed by atoms with Crippen molar-refractivity contribution in [3.05, 3.63) is 70.6 Å². The maximum absolute atomic E-state index is 13.8. The fourth-order valence-corrected chi connectivity index (χ4v) is 2.51. The lowest BCUT2D eigenvalue weighted by Gasteiger charge is -2.08. The zero-order valence-corrected chi connectivity index (χ0v) is 11.6. The van der Waals surface area contributed by atoms with E-state index in [0.717, 1.165) is 5.56 Å². The van der Waals surface area contributed by atoms with Crippen LogP contribution >= 0.6 is 11.6 Å². The van der Waals surface area contributed by atoms with Gasteiger partial charge in [0.2, 0.25) is 0 Å². The van der Waals surface area contributed by atoms with E-state index in [2.05, 4.69) is 0 Å². The summed E-state index contributed by atoms with van der Waals surface area (Å²) in [5.41, 5.74) is 1.43. The van der Waals surface area contributed by atoms with Gasteiger partial charge in [-0.25, -0.2) is 9.18 Å². The molecule has 0 radical (unpaired) electrons. The highest BCUT2D eigenvalue weighted by atomic mass is 35.5. The number of fused-ring (bicyclic) bond motifs is 1. The second-order valence-electron chi connectivity index (χ2n) is 4.73. The van der Waals surface area contributed by atoms with E-state index in [-0.39, 0.29) is 5.56 Å². The van der Waals surface area contributed by atoms with Gasteiger partial charge in [-0.05, 0) is 35.9 Å². The number of benzene rings is 2. The Morgan fingerprint density at radius 1 is 1.14 bits per heavy atom. The first kappa shape index (κ1) is 13.6. The predicted molar refractivity (Wildman–Crippen MR) is 79.4 cm³/mol. The van der Waals surface area contributed by atoms with Gasteiger partial charge in [0.15, 0.2) is 0 Å². The maximum atomic E-state index is 13.8. The van der Waals surface area contributed by atoms with E-state index in [1.54, 1.807) is 29.0 Å². The summed E-state index contributed by atoms with van der Waals surface area (Å²) in [7, 11) is 0. The number of hydrogen-bond donors (Lipinski definition) is 1. The molecule has 1 heterocycles. The molecule has 0 aliphatic carbocycles. The Balaban J connectivity index is 2.12. The molecule has 0 saturated heterocycles. The Hall–Kier alpha value is -2.33. The first-order chi connectivity index (χ1) is 10.1. The fourth-order valence-electron chi connectivity index (χ4n) is 2.38. The zero-order chi connectivity index (χ0) is 15.0. The molecule has 1 N–H and O–H groups in total. The molecule has 0 saturated carbocycles. The number of carbonyl (C=O) groups is 1. The van der Waals surface area contributed by atoms with Crippen molar-refractivity contribution >= 4 is 28.5 Å². The summed E-state index contributed by atoms with van der Waals surface area (Å²) in [5, 5.41) is 10.2. The molecule has 5 heteroatoms. The number of halogens is 2. The first-order valence-electron chi connectivity index (χ1n) is 6.31. The third kappa shape index (κ3) is 2.50. The topological polar surface area (TPSA) is 42.2 Å². The third-order valence-corrected chi connectivity index (χ3v) is 3.62. The fraction of sp³-hybridized carbons (Fsp3) is 0.0625.